The maximum atomic E-state index is 11.1. The van der Waals surface area contributed by atoms with E-state index in [1.54, 1.807) is 4.90 Å². The van der Waals surface area contributed by atoms with Crippen molar-refractivity contribution in [3.05, 3.63) is 0 Å². The summed E-state index contributed by atoms with van der Waals surface area (Å²) in [4.78, 5) is 12.9. The summed E-state index contributed by atoms with van der Waals surface area (Å²) >= 11 is 0. The van der Waals surface area contributed by atoms with Gasteiger partial charge in [0.05, 0.1) is 0 Å². The quantitative estimate of drug-likeness (QED) is 0.546. The summed E-state index contributed by atoms with van der Waals surface area (Å²) in [6.45, 7) is 2.11. The number of carbonyl (C=O) groups is 1. The van der Waals surface area contributed by atoms with Crippen molar-refractivity contribution in [3.8, 4) is 0 Å². The Kier molecular flexibility index (Phi) is 2.84. The minimum atomic E-state index is 0.0419. The Morgan fingerprint density at radius 1 is 1.64 bits per heavy atom. The molecule has 1 atom stereocenters. The summed E-state index contributed by atoms with van der Waals surface area (Å²) in [6.07, 6.45) is 1.38. The minimum absolute atomic E-state index is 0.0419. The highest BCUT2D eigenvalue weighted by atomic mass is 16.2. The molecule has 4 nitrogen and oxygen atoms in total. The number of hydrogen-bond acceptors (Lipinski definition) is 3. The molecule has 0 radical (unpaired) electrons. The van der Waals surface area contributed by atoms with Crippen molar-refractivity contribution < 1.29 is 4.79 Å². The summed E-state index contributed by atoms with van der Waals surface area (Å²) in [5, 5.41) is 0. The lowest BCUT2D eigenvalue weighted by atomic mass is 10.3. The summed E-state index contributed by atoms with van der Waals surface area (Å²) in [5.74, 6) is 0.172. The maximum Gasteiger partial charge on any atom is 0.224 e. The molecule has 64 valence electrons. The van der Waals surface area contributed by atoms with E-state index in [-0.39, 0.29) is 11.9 Å². The minimum Gasteiger partial charge on any atom is -0.341 e. The molecule has 0 bridgehead atoms. The third-order valence-corrected chi connectivity index (χ3v) is 1.88. The molecule has 0 aromatic heterocycles. The zero-order chi connectivity index (χ0) is 8.27. The predicted octanol–water partition coefficient (Wildman–Crippen LogP) is -1.11. The molecule has 11 heavy (non-hydrogen) atoms. The molecule has 0 aromatic rings. The molecule has 4 heteroatoms. The van der Waals surface area contributed by atoms with Gasteiger partial charge in [-0.1, -0.05) is 0 Å². The summed E-state index contributed by atoms with van der Waals surface area (Å²) in [6, 6.07) is 0.0419. The van der Waals surface area contributed by atoms with E-state index in [2.05, 4.69) is 0 Å². The number of amides is 1. The molecule has 1 fully saturated rings. The van der Waals surface area contributed by atoms with Gasteiger partial charge in [0.15, 0.2) is 0 Å². The van der Waals surface area contributed by atoms with Gasteiger partial charge in [-0.3, -0.25) is 4.79 Å². The van der Waals surface area contributed by atoms with E-state index in [4.69, 9.17) is 11.5 Å². The lowest BCUT2D eigenvalue weighted by Crippen LogP contribution is -2.30. The standard InChI is InChI=1S/C7H15N3O/c8-2-1-3-10-5-6(9)4-7(10)11/h6H,1-5,8-9H2. The smallest absolute Gasteiger partial charge is 0.224 e. The molecule has 1 rings (SSSR count). The van der Waals surface area contributed by atoms with Gasteiger partial charge in [-0.2, -0.15) is 0 Å². The van der Waals surface area contributed by atoms with E-state index in [0.717, 1.165) is 13.0 Å². The molecule has 0 saturated carbocycles. The van der Waals surface area contributed by atoms with Crippen LogP contribution in [0.1, 0.15) is 12.8 Å². The van der Waals surface area contributed by atoms with Crippen molar-refractivity contribution in [2.24, 2.45) is 11.5 Å². The van der Waals surface area contributed by atoms with E-state index < -0.39 is 0 Å². The van der Waals surface area contributed by atoms with Crippen molar-refractivity contribution in [3.63, 3.8) is 0 Å². The number of nitrogens with two attached hydrogens (primary N) is 2. The van der Waals surface area contributed by atoms with Crippen molar-refractivity contribution in [1.29, 1.82) is 0 Å². The third-order valence-electron chi connectivity index (χ3n) is 1.88. The largest absolute Gasteiger partial charge is 0.341 e. The van der Waals surface area contributed by atoms with Crippen LogP contribution in [0.3, 0.4) is 0 Å². The summed E-state index contributed by atoms with van der Waals surface area (Å²) in [5.41, 5.74) is 10.9. The Bertz CT molecular complexity index is 149. The average Bonchev–Trinajstić information content (AvgIpc) is 2.26. The topological polar surface area (TPSA) is 72.3 Å². The number of hydrogen-bond donors (Lipinski definition) is 2. The SMILES string of the molecule is NCCCN1CC(N)CC1=O. The number of nitrogens with zero attached hydrogens (tertiary/aromatic N) is 1. The molecular weight excluding hydrogens is 142 g/mol. The average molecular weight is 157 g/mol. The van der Waals surface area contributed by atoms with Gasteiger partial charge in [-0.25, -0.2) is 0 Å². The number of likely N-dealkylation sites (tertiary alicyclic amines) is 1. The fourth-order valence-electron chi connectivity index (χ4n) is 1.30. The first kappa shape index (κ1) is 8.49. The first-order valence-corrected chi connectivity index (χ1v) is 3.97. The first-order valence-electron chi connectivity index (χ1n) is 3.97. The highest BCUT2D eigenvalue weighted by Gasteiger charge is 2.25. The third kappa shape index (κ3) is 2.17. The molecule has 0 aliphatic carbocycles. The van der Waals surface area contributed by atoms with E-state index in [0.29, 0.717) is 19.5 Å². The van der Waals surface area contributed by atoms with Crippen LogP contribution in [0.4, 0.5) is 0 Å². The molecule has 1 saturated heterocycles. The molecule has 1 heterocycles. The normalized spacial score (nSPS) is 24.7. The van der Waals surface area contributed by atoms with Gasteiger partial charge in [0.25, 0.3) is 0 Å². The highest BCUT2D eigenvalue weighted by Crippen LogP contribution is 2.08. The highest BCUT2D eigenvalue weighted by molar-refractivity contribution is 5.79. The number of carbonyl (C=O) groups excluding carboxylic acids is 1. The van der Waals surface area contributed by atoms with Gasteiger partial charge in [-0.05, 0) is 13.0 Å². The van der Waals surface area contributed by atoms with Gasteiger partial charge < -0.3 is 16.4 Å². The second-order valence-electron chi connectivity index (χ2n) is 2.95. The molecule has 1 unspecified atom stereocenters. The fourth-order valence-corrected chi connectivity index (χ4v) is 1.30. The molecule has 4 N–H and O–H groups in total. The molecule has 1 amide bonds. The Hall–Kier alpha value is -0.610. The molecule has 0 aromatic carbocycles. The zero-order valence-corrected chi connectivity index (χ0v) is 6.62. The van der Waals surface area contributed by atoms with Crippen molar-refractivity contribution >= 4 is 5.91 Å². The molecule has 0 spiro atoms. The fraction of sp³-hybridized carbons (Fsp3) is 0.857. The zero-order valence-electron chi connectivity index (χ0n) is 6.62. The van der Waals surface area contributed by atoms with Crippen LogP contribution >= 0.6 is 0 Å². The lowest BCUT2D eigenvalue weighted by Gasteiger charge is -2.14. The first-order chi connectivity index (χ1) is 5.24. The maximum absolute atomic E-state index is 11.1. The molecule has 1 aliphatic heterocycles. The van der Waals surface area contributed by atoms with E-state index in [1.165, 1.54) is 0 Å². The van der Waals surface area contributed by atoms with Gasteiger partial charge >= 0.3 is 0 Å². The van der Waals surface area contributed by atoms with Crippen LogP contribution in [0, 0.1) is 0 Å². The van der Waals surface area contributed by atoms with Gasteiger partial charge in [0.2, 0.25) is 5.91 Å². The monoisotopic (exact) mass is 157 g/mol. The van der Waals surface area contributed by atoms with Crippen LogP contribution in [-0.2, 0) is 4.79 Å². The van der Waals surface area contributed by atoms with E-state index >= 15 is 0 Å². The Morgan fingerprint density at radius 3 is 2.82 bits per heavy atom. The Labute approximate surface area is 66.5 Å². The Balaban J connectivity index is 2.29. The van der Waals surface area contributed by atoms with E-state index in [9.17, 15) is 4.79 Å². The van der Waals surface area contributed by atoms with Gasteiger partial charge in [0.1, 0.15) is 0 Å². The van der Waals surface area contributed by atoms with Crippen LogP contribution in [-0.4, -0.2) is 36.5 Å². The predicted molar refractivity (Wildman–Crippen MR) is 42.8 cm³/mol. The molecular formula is C7H15N3O. The Morgan fingerprint density at radius 2 is 2.36 bits per heavy atom. The second kappa shape index (κ2) is 3.69. The summed E-state index contributed by atoms with van der Waals surface area (Å²) in [7, 11) is 0. The molecule has 1 aliphatic rings. The van der Waals surface area contributed by atoms with E-state index in [1.807, 2.05) is 0 Å². The second-order valence-corrected chi connectivity index (χ2v) is 2.95. The van der Waals surface area contributed by atoms with Crippen LogP contribution in [0.5, 0.6) is 0 Å². The van der Waals surface area contributed by atoms with Gasteiger partial charge in [0, 0.05) is 25.6 Å². The van der Waals surface area contributed by atoms with Crippen LogP contribution in [0.2, 0.25) is 0 Å². The number of rotatable bonds is 3. The lowest BCUT2D eigenvalue weighted by molar-refractivity contribution is -0.127. The van der Waals surface area contributed by atoms with Gasteiger partial charge in [-0.15, -0.1) is 0 Å². The van der Waals surface area contributed by atoms with Crippen molar-refractivity contribution in [2.75, 3.05) is 19.6 Å². The van der Waals surface area contributed by atoms with Crippen molar-refractivity contribution in [2.45, 2.75) is 18.9 Å². The van der Waals surface area contributed by atoms with Crippen LogP contribution in [0.25, 0.3) is 0 Å². The van der Waals surface area contributed by atoms with Crippen LogP contribution in [0.15, 0.2) is 0 Å². The van der Waals surface area contributed by atoms with Crippen molar-refractivity contribution in [1.82, 2.24) is 4.90 Å². The summed E-state index contributed by atoms with van der Waals surface area (Å²) < 4.78 is 0. The van der Waals surface area contributed by atoms with Crippen LogP contribution < -0.4 is 11.5 Å².